The van der Waals surface area contributed by atoms with Crippen LogP contribution in [0.4, 0.5) is 4.79 Å². The molecule has 3 aliphatic heterocycles. The number of halogens is 1. The van der Waals surface area contributed by atoms with E-state index >= 15 is 0 Å². The van der Waals surface area contributed by atoms with E-state index in [-0.39, 0.29) is 12.5 Å². The fourth-order valence-electron chi connectivity index (χ4n) is 10.4. The molecule has 2 unspecified atom stereocenters. The maximum Gasteiger partial charge on any atom is 0.516 e. The molecular weight excluding hydrogens is 1170 g/mol. The predicted octanol–water partition coefficient (Wildman–Crippen LogP) is 13.1. The third-order valence-electron chi connectivity index (χ3n) is 15.5. The third-order valence-corrected chi connectivity index (χ3v) is 15.9. The number of fused-ring (bicyclic) bond motifs is 2. The van der Waals surface area contributed by atoms with Crippen molar-refractivity contribution in [1.29, 1.82) is 0 Å². The van der Waals surface area contributed by atoms with Crippen molar-refractivity contribution in [3.05, 3.63) is 150 Å². The van der Waals surface area contributed by atoms with Crippen molar-refractivity contribution in [2.45, 2.75) is 129 Å². The minimum atomic E-state index is -0.585. The van der Waals surface area contributed by atoms with Crippen LogP contribution in [0, 0.1) is 0 Å². The summed E-state index contributed by atoms with van der Waals surface area (Å²) in [4.78, 5) is 30.9. The van der Waals surface area contributed by atoms with Gasteiger partial charge in [-0.05, 0) is 169 Å². The number of hydrogen-bond acceptors (Lipinski definition) is 16. The number of benzene rings is 2. The number of hydrogen-bond donors (Lipinski definition) is 1. The second kappa shape index (κ2) is 26.3. The summed E-state index contributed by atoms with van der Waals surface area (Å²) in [6.07, 6.45) is 18.7. The first kappa shape index (κ1) is 60.8. The fourth-order valence-corrected chi connectivity index (χ4v) is 10.7. The number of aromatic nitrogens is 12. The van der Waals surface area contributed by atoms with Crippen LogP contribution in [-0.4, -0.2) is 117 Å². The van der Waals surface area contributed by atoms with E-state index in [0.29, 0.717) is 18.8 Å². The number of pyridine rings is 4. The first-order valence-corrected chi connectivity index (χ1v) is 30.1. The highest BCUT2D eigenvalue weighted by molar-refractivity contribution is 9.10. The van der Waals surface area contributed by atoms with Crippen molar-refractivity contribution in [1.82, 2.24) is 59.5 Å². The monoisotopic (exact) mass is 1240 g/mol. The van der Waals surface area contributed by atoms with E-state index < -0.39 is 30.0 Å². The Morgan fingerprint density at radius 1 is 0.655 bits per heavy atom. The van der Waals surface area contributed by atoms with Crippen LogP contribution in [0.3, 0.4) is 0 Å². The number of H-pyrrole nitrogens is 1. The van der Waals surface area contributed by atoms with Gasteiger partial charge in [-0.1, -0.05) is 36.4 Å². The van der Waals surface area contributed by atoms with Gasteiger partial charge in [0.2, 0.25) is 0 Å². The molecule has 3 aliphatic rings. The van der Waals surface area contributed by atoms with Gasteiger partial charge in [0.25, 0.3) is 0 Å². The summed E-state index contributed by atoms with van der Waals surface area (Å²) >= 11 is 3.50. The normalized spacial score (nSPS) is 17.4. The van der Waals surface area contributed by atoms with Gasteiger partial charge in [0.15, 0.2) is 0 Å². The topological polar surface area (TPSA) is 215 Å². The molecule has 3 fully saturated rings. The third kappa shape index (κ3) is 14.3. The van der Waals surface area contributed by atoms with E-state index in [2.05, 4.69) is 90.0 Å². The van der Waals surface area contributed by atoms with E-state index in [1.807, 2.05) is 119 Å². The maximum absolute atomic E-state index is 11.9. The Kier molecular flexibility index (Phi) is 18.4. The van der Waals surface area contributed by atoms with Crippen molar-refractivity contribution in [3.63, 3.8) is 0 Å². The second-order valence-electron chi connectivity index (χ2n) is 23.7. The molecule has 1 N–H and O–H groups in total. The average molecular weight is 1240 g/mol. The summed E-state index contributed by atoms with van der Waals surface area (Å²) in [7, 11) is 2.83. The highest BCUT2D eigenvalue weighted by Crippen LogP contribution is 2.38. The van der Waals surface area contributed by atoms with Crippen LogP contribution < -0.4 is 5.59 Å². The van der Waals surface area contributed by atoms with Gasteiger partial charge >= 0.3 is 13.2 Å². The molecule has 0 saturated carbocycles. The zero-order valence-corrected chi connectivity index (χ0v) is 52.2. The summed E-state index contributed by atoms with van der Waals surface area (Å²) in [5, 5.41) is 21.1. The fraction of sp³-hybridized carbons (Fsp3) is 0.369. The zero-order valence-electron chi connectivity index (χ0n) is 50.6. The van der Waals surface area contributed by atoms with Crippen molar-refractivity contribution in [3.8, 4) is 56.2 Å². The molecule has 13 rings (SSSR count). The lowest BCUT2D eigenvalue weighted by Gasteiger charge is -2.32. The van der Waals surface area contributed by atoms with E-state index in [1.165, 1.54) is 0 Å². The molecular formula is C65H72BBrN12O8. The van der Waals surface area contributed by atoms with E-state index in [9.17, 15) is 4.79 Å². The number of carbonyl (C=O) groups is 1. The van der Waals surface area contributed by atoms with Crippen molar-refractivity contribution in [2.75, 3.05) is 27.4 Å². The minimum Gasteiger partial charge on any atom is -0.442 e. The summed E-state index contributed by atoms with van der Waals surface area (Å²) in [5.41, 5.74) is 14.1. The Balaban J connectivity index is 0.000000140. The Bertz CT molecular complexity index is 3980. The number of carbonyl (C=O) groups excluding carboxylic acids is 1. The number of nitrogens with zero attached hydrogens (tertiary/aromatic N) is 11. The van der Waals surface area contributed by atoms with Gasteiger partial charge in [0.1, 0.15) is 29.4 Å². The van der Waals surface area contributed by atoms with Gasteiger partial charge in [-0.25, -0.2) is 24.1 Å². The molecule has 0 amide bonds. The van der Waals surface area contributed by atoms with E-state index in [0.717, 1.165) is 150 Å². The molecule has 10 aromatic rings. The molecule has 22 heteroatoms. The molecule has 8 aromatic heterocycles. The standard InChI is InChI=1S/C27H26N6O2.C24H23BrN4O2.C14H23BN2O4/c1-34-17-18-5-4-6-19(11-18)27-22(16-33(32-27)26-7-2-3-10-35-26)23-8-9-24-25(31-23)12-20(13-28-24)21-14-29-30-15-21;1-30-15-16-5-4-6-17(11-16)24-19(14-29(28-24)23-7-2-3-10-31-23)20-8-9-21-22(27-20)12-18(25)13-26-21;1-12(2,3)19-11(18)17-9-8-10(16-17)15-20-13(4,5)14(6,7)21-15/h4-6,8-9,11-16,26H,2-3,7,10,17H2,1H3,(H,29,30);4-6,8-9,11-14,23H,2-3,7,10,15H2,1H3;8-9H,1-7H3. The molecule has 3 saturated heterocycles. The number of rotatable bonds is 12. The number of methoxy groups -OCH3 is 2. The Labute approximate surface area is 514 Å². The molecule has 0 spiro atoms. The van der Waals surface area contributed by atoms with Crippen LogP contribution in [0.15, 0.2) is 139 Å². The summed E-state index contributed by atoms with van der Waals surface area (Å²) in [5.74, 6) is 0. The predicted molar refractivity (Wildman–Crippen MR) is 336 cm³/mol. The molecule has 2 atom stereocenters. The quantitative estimate of drug-likeness (QED) is 0.113. The second-order valence-corrected chi connectivity index (χ2v) is 24.7. The van der Waals surface area contributed by atoms with Crippen molar-refractivity contribution < 1.29 is 37.8 Å². The van der Waals surface area contributed by atoms with Crippen LogP contribution in [0.25, 0.3) is 78.2 Å². The van der Waals surface area contributed by atoms with Crippen LogP contribution in [-0.2, 0) is 46.2 Å². The summed E-state index contributed by atoms with van der Waals surface area (Å²) < 4.78 is 45.7. The number of ether oxygens (including phenoxy) is 5. The first-order chi connectivity index (χ1) is 41.9. The molecule has 2 aromatic carbocycles. The smallest absolute Gasteiger partial charge is 0.442 e. The van der Waals surface area contributed by atoms with Gasteiger partial charge in [0, 0.05) is 102 Å². The highest BCUT2D eigenvalue weighted by Gasteiger charge is 2.52. The van der Waals surface area contributed by atoms with E-state index in [4.69, 9.17) is 53.2 Å². The lowest BCUT2D eigenvalue weighted by molar-refractivity contribution is -0.0394. The Morgan fingerprint density at radius 2 is 1.21 bits per heavy atom. The SMILES string of the molecule is CC(C)(C)OC(=O)n1ccc(B2OC(C)(C)C(C)(C)O2)n1.COCc1cccc(-c2nn(C3CCCCO3)cc2-c2ccc3ncc(-c4cn[nH]c4)cc3n2)c1.COCc1cccc(-c2nn(C3CCCCO3)cc2-c2ccc3ncc(Br)cc3n2)c1. The van der Waals surface area contributed by atoms with Crippen molar-refractivity contribution in [2.24, 2.45) is 0 Å². The first-order valence-electron chi connectivity index (χ1n) is 29.3. The molecule has 11 heterocycles. The van der Waals surface area contributed by atoms with Gasteiger partial charge < -0.3 is 33.0 Å². The highest BCUT2D eigenvalue weighted by atomic mass is 79.9. The van der Waals surface area contributed by atoms with Gasteiger partial charge in [-0.15, -0.1) is 0 Å². The van der Waals surface area contributed by atoms with Gasteiger partial charge in [0.05, 0.1) is 69.7 Å². The molecule has 20 nitrogen and oxygen atoms in total. The van der Waals surface area contributed by atoms with Crippen LogP contribution >= 0.6 is 15.9 Å². The number of aromatic amines is 1. The van der Waals surface area contributed by atoms with Crippen LogP contribution in [0.5, 0.6) is 0 Å². The largest absolute Gasteiger partial charge is 0.516 e. The average Bonchev–Trinajstić information content (AvgIpc) is 2.23. The van der Waals surface area contributed by atoms with Crippen LogP contribution in [0.2, 0.25) is 0 Å². The molecule has 0 aliphatic carbocycles. The summed E-state index contributed by atoms with van der Waals surface area (Å²) in [6, 6.07) is 30.4. The zero-order chi connectivity index (χ0) is 60.9. The van der Waals surface area contributed by atoms with Gasteiger partial charge in [-0.3, -0.25) is 15.1 Å². The molecule has 87 heavy (non-hydrogen) atoms. The Morgan fingerprint density at radius 3 is 1.71 bits per heavy atom. The lowest BCUT2D eigenvalue weighted by atomic mass is 9.85. The maximum atomic E-state index is 11.9. The summed E-state index contributed by atoms with van der Waals surface area (Å²) in [6.45, 7) is 15.9. The van der Waals surface area contributed by atoms with Crippen LogP contribution in [0.1, 0.15) is 111 Å². The Hall–Kier alpha value is -7.83. The molecule has 450 valence electrons. The van der Waals surface area contributed by atoms with Crippen molar-refractivity contribution >= 4 is 56.8 Å². The minimum absolute atomic E-state index is 0.0420. The lowest BCUT2D eigenvalue weighted by Crippen LogP contribution is -2.41. The van der Waals surface area contributed by atoms with E-state index in [1.54, 1.807) is 38.9 Å². The van der Waals surface area contributed by atoms with Gasteiger partial charge in [-0.2, -0.15) is 25.1 Å². The molecule has 0 bridgehead atoms. The molecule has 0 radical (unpaired) electrons. The number of nitrogens with one attached hydrogen (secondary N) is 1.